The number of anilines is 1. The zero-order valence-corrected chi connectivity index (χ0v) is 14.6. The first-order chi connectivity index (χ1) is 12.0. The largest absolute Gasteiger partial charge is 0.374 e. The van der Waals surface area contributed by atoms with Gasteiger partial charge in [0.1, 0.15) is 5.69 Å². The lowest BCUT2D eigenvalue weighted by Crippen LogP contribution is -2.48. The maximum absolute atomic E-state index is 12.6. The van der Waals surface area contributed by atoms with E-state index in [-0.39, 0.29) is 17.7 Å². The van der Waals surface area contributed by atoms with Gasteiger partial charge in [-0.15, -0.1) is 0 Å². The molecule has 1 fully saturated rings. The minimum Gasteiger partial charge on any atom is -0.374 e. The van der Waals surface area contributed by atoms with Crippen molar-refractivity contribution in [3.8, 4) is 0 Å². The molecule has 1 aliphatic rings. The van der Waals surface area contributed by atoms with Gasteiger partial charge in [-0.05, 0) is 24.1 Å². The summed E-state index contributed by atoms with van der Waals surface area (Å²) in [5.74, 6) is 0. The van der Waals surface area contributed by atoms with Crippen molar-refractivity contribution in [2.24, 2.45) is 7.05 Å². The van der Waals surface area contributed by atoms with Crippen molar-refractivity contribution in [3.63, 3.8) is 0 Å². The van der Waals surface area contributed by atoms with Gasteiger partial charge in [0.25, 0.3) is 5.56 Å². The minimum absolute atomic E-state index is 0.0402. The Kier molecular flexibility index (Phi) is 5.19. The van der Waals surface area contributed by atoms with Gasteiger partial charge in [0.2, 0.25) is 0 Å². The fourth-order valence-electron chi connectivity index (χ4n) is 2.96. The molecule has 0 aliphatic carbocycles. The van der Waals surface area contributed by atoms with Crippen molar-refractivity contribution in [1.29, 1.82) is 0 Å². The van der Waals surface area contributed by atoms with Crippen LogP contribution in [0.5, 0.6) is 0 Å². The van der Waals surface area contributed by atoms with E-state index in [1.165, 1.54) is 10.1 Å². The van der Waals surface area contributed by atoms with Crippen LogP contribution in [0.25, 0.3) is 0 Å². The van der Waals surface area contributed by atoms with Gasteiger partial charge >= 0.3 is 6.03 Å². The number of amides is 2. The highest BCUT2D eigenvalue weighted by molar-refractivity contribution is 5.90. The third-order valence-corrected chi connectivity index (χ3v) is 4.44. The molecule has 3 rings (SSSR count). The summed E-state index contributed by atoms with van der Waals surface area (Å²) < 4.78 is 7.25. The van der Waals surface area contributed by atoms with Crippen LogP contribution in [0.2, 0.25) is 0 Å². The number of benzene rings is 1. The van der Waals surface area contributed by atoms with Crippen molar-refractivity contribution in [3.05, 3.63) is 64.1 Å². The van der Waals surface area contributed by atoms with E-state index in [1.54, 1.807) is 18.1 Å². The summed E-state index contributed by atoms with van der Waals surface area (Å²) >= 11 is 0. The van der Waals surface area contributed by atoms with E-state index in [1.807, 2.05) is 31.2 Å². The summed E-state index contributed by atoms with van der Waals surface area (Å²) in [5, 5.41) is 2.77. The fraction of sp³-hybridized carbons (Fsp3) is 0.368. The van der Waals surface area contributed by atoms with Crippen molar-refractivity contribution in [1.82, 2.24) is 9.47 Å². The standard InChI is InChI=1S/C19H23N3O3/c1-14-8-9-21(2)18(23)17(14)20-19(24)22-10-11-25-16(13-22)12-15-6-4-3-5-7-15/h3-9,16H,10-13H2,1-2H3,(H,20,24). The average Bonchev–Trinajstić information content (AvgIpc) is 2.63. The number of ether oxygens (including phenoxy) is 1. The number of nitrogens with zero attached hydrogens (tertiary/aromatic N) is 2. The number of aryl methyl sites for hydroxylation is 2. The van der Waals surface area contributed by atoms with Gasteiger partial charge in [-0.3, -0.25) is 4.79 Å². The van der Waals surface area contributed by atoms with E-state index < -0.39 is 0 Å². The smallest absolute Gasteiger partial charge is 0.322 e. The molecule has 25 heavy (non-hydrogen) atoms. The first kappa shape index (κ1) is 17.2. The molecule has 1 atom stereocenters. The van der Waals surface area contributed by atoms with Gasteiger partial charge in [-0.1, -0.05) is 30.3 Å². The highest BCUT2D eigenvalue weighted by atomic mass is 16.5. The molecule has 2 amide bonds. The van der Waals surface area contributed by atoms with Crippen molar-refractivity contribution >= 4 is 11.7 Å². The van der Waals surface area contributed by atoms with Crippen molar-refractivity contribution in [2.75, 3.05) is 25.0 Å². The zero-order chi connectivity index (χ0) is 17.8. The third kappa shape index (κ3) is 4.09. The molecule has 0 spiro atoms. The number of urea groups is 1. The van der Waals surface area contributed by atoms with Crippen LogP contribution in [0.15, 0.2) is 47.4 Å². The number of hydrogen-bond acceptors (Lipinski definition) is 3. The first-order valence-corrected chi connectivity index (χ1v) is 8.42. The van der Waals surface area contributed by atoms with Crippen LogP contribution < -0.4 is 10.9 Å². The Hall–Kier alpha value is -2.60. The third-order valence-electron chi connectivity index (χ3n) is 4.44. The predicted molar refractivity (Wildman–Crippen MR) is 96.9 cm³/mol. The summed E-state index contributed by atoms with van der Waals surface area (Å²) in [4.78, 5) is 26.5. The van der Waals surface area contributed by atoms with Gasteiger partial charge < -0.3 is 19.5 Å². The molecule has 2 heterocycles. The molecule has 1 aromatic heterocycles. The van der Waals surface area contributed by atoms with Crippen LogP contribution in [-0.2, 0) is 18.2 Å². The molecule has 1 N–H and O–H groups in total. The molecule has 6 heteroatoms. The Morgan fingerprint density at radius 3 is 2.80 bits per heavy atom. The van der Waals surface area contributed by atoms with Gasteiger partial charge in [-0.2, -0.15) is 0 Å². The van der Waals surface area contributed by atoms with Gasteiger partial charge in [-0.25, -0.2) is 4.79 Å². The number of morpholine rings is 1. The molecule has 0 radical (unpaired) electrons. The number of carbonyl (C=O) groups excluding carboxylic acids is 1. The predicted octanol–water partition coefficient (Wildman–Crippen LogP) is 2.17. The monoisotopic (exact) mass is 341 g/mol. The zero-order valence-electron chi connectivity index (χ0n) is 14.6. The van der Waals surface area contributed by atoms with Crippen LogP contribution in [0, 0.1) is 6.92 Å². The molecule has 1 unspecified atom stereocenters. The molecule has 6 nitrogen and oxygen atoms in total. The molecule has 0 bridgehead atoms. The second-order valence-electron chi connectivity index (χ2n) is 6.35. The topological polar surface area (TPSA) is 63.6 Å². The Labute approximate surface area is 147 Å². The van der Waals surface area contributed by atoms with E-state index in [0.29, 0.717) is 25.4 Å². The molecule has 1 aromatic carbocycles. The molecule has 0 saturated carbocycles. The lowest BCUT2D eigenvalue weighted by Gasteiger charge is -2.33. The Morgan fingerprint density at radius 1 is 1.28 bits per heavy atom. The number of hydrogen-bond donors (Lipinski definition) is 1. The Balaban J connectivity index is 1.66. The Bertz CT molecular complexity index is 801. The van der Waals surface area contributed by atoms with Crippen LogP contribution in [0.3, 0.4) is 0 Å². The number of rotatable bonds is 3. The quantitative estimate of drug-likeness (QED) is 0.931. The lowest BCUT2D eigenvalue weighted by molar-refractivity contribution is -0.0113. The summed E-state index contributed by atoms with van der Waals surface area (Å²) in [6, 6.07) is 11.6. The second kappa shape index (κ2) is 7.53. The molecule has 1 saturated heterocycles. The molecular formula is C19H23N3O3. The average molecular weight is 341 g/mol. The highest BCUT2D eigenvalue weighted by Gasteiger charge is 2.25. The van der Waals surface area contributed by atoms with E-state index >= 15 is 0 Å². The lowest BCUT2D eigenvalue weighted by atomic mass is 10.1. The number of nitrogens with one attached hydrogen (secondary N) is 1. The molecule has 2 aromatic rings. The highest BCUT2D eigenvalue weighted by Crippen LogP contribution is 2.14. The SMILES string of the molecule is Cc1ccn(C)c(=O)c1NC(=O)N1CCOC(Cc2ccccc2)C1. The van der Waals surface area contributed by atoms with Crippen LogP contribution in [0.1, 0.15) is 11.1 Å². The molecule has 1 aliphatic heterocycles. The summed E-state index contributed by atoms with van der Waals surface area (Å²) in [5.41, 5.74) is 2.07. The Morgan fingerprint density at radius 2 is 2.04 bits per heavy atom. The maximum atomic E-state index is 12.6. The summed E-state index contributed by atoms with van der Waals surface area (Å²) in [6.07, 6.45) is 2.41. The van der Waals surface area contributed by atoms with Gasteiger partial charge in [0.05, 0.1) is 12.7 Å². The molecular weight excluding hydrogens is 318 g/mol. The number of pyridine rings is 1. The van der Waals surface area contributed by atoms with E-state index in [4.69, 9.17) is 4.74 Å². The van der Waals surface area contributed by atoms with E-state index in [2.05, 4.69) is 17.4 Å². The molecule has 132 valence electrons. The van der Waals surface area contributed by atoms with Gasteiger partial charge in [0, 0.05) is 32.8 Å². The van der Waals surface area contributed by atoms with Crippen LogP contribution >= 0.6 is 0 Å². The van der Waals surface area contributed by atoms with Gasteiger partial charge in [0.15, 0.2) is 0 Å². The first-order valence-electron chi connectivity index (χ1n) is 8.42. The maximum Gasteiger partial charge on any atom is 0.322 e. The number of carbonyl (C=O) groups is 1. The fourth-order valence-corrected chi connectivity index (χ4v) is 2.96. The summed E-state index contributed by atoms with van der Waals surface area (Å²) in [7, 11) is 1.67. The normalized spacial score (nSPS) is 17.4. The van der Waals surface area contributed by atoms with Crippen molar-refractivity contribution < 1.29 is 9.53 Å². The van der Waals surface area contributed by atoms with Crippen LogP contribution in [-0.4, -0.2) is 41.3 Å². The minimum atomic E-state index is -0.257. The van der Waals surface area contributed by atoms with E-state index in [9.17, 15) is 9.59 Å². The van der Waals surface area contributed by atoms with Crippen LogP contribution in [0.4, 0.5) is 10.5 Å². The second-order valence-corrected chi connectivity index (χ2v) is 6.35. The van der Waals surface area contributed by atoms with E-state index in [0.717, 1.165) is 12.0 Å². The summed E-state index contributed by atoms with van der Waals surface area (Å²) in [6.45, 7) is 3.33. The number of aromatic nitrogens is 1. The van der Waals surface area contributed by atoms with Crippen molar-refractivity contribution in [2.45, 2.75) is 19.4 Å².